The van der Waals surface area contributed by atoms with Gasteiger partial charge in [-0.15, -0.1) is 10.2 Å². The van der Waals surface area contributed by atoms with Crippen molar-refractivity contribution < 1.29 is 0 Å². The van der Waals surface area contributed by atoms with Gasteiger partial charge >= 0.3 is 0 Å². The van der Waals surface area contributed by atoms with Crippen LogP contribution in [0, 0.1) is 0 Å². The molecule has 1 aromatic heterocycles. The minimum Gasteiger partial charge on any atom is -0.326 e. The first-order valence-electron chi connectivity index (χ1n) is 5.80. The minimum absolute atomic E-state index is 0.178. The van der Waals surface area contributed by atoms with E-state index in [-0.39, 0.29) is 6.04 Å². The number of fused-ring (bicyclic) bond motifs is 1. The highest BCUT2D eigenvalue weighted by Gasteiger charge is 2.27. The van der Waals surface area contributed by atoms with Crippen LogP contribution >= 0.6 is 0 Å². The van der Waals surface area contributed by atoms with Crippen LogP contribution in [0.25, 0.3) is 0 Å². The van der Waals surface area contributed by atoms with Gasteiger partial charge < -0.3 is 10.3 Å². The summed E-state index contributed by atoms with van der Waals surface area (Å²) in [4.78, 5) is 0. The van der Waals surface area contributed by atoms with Gasteiger partial charge in [-0.1, -0.05) is 13.8 Å². The molecule has 4 heteroatoms. The van der Waals surface area contributed by atoms with E-state index in [1.165, 1.54) is 6.42 Å². The van der Waals surface area contributed by atoms with E-state index in [2.05, 4.69) is 35.5 Å². The van der Waals surface area contributed by atoms with E-state index in [1.807, 2.05) is 0 Å². The first-order chi connectivity index (χ1) is 7.11. The lowest BCUT2D eigenvalue weighted by Gasteiger charge is -2.29. The van der Waals surface area contributed by atoms with E-state index in [0.717, 1.165) is 24.5 Å². The van der Waals surface area contributed by atoms with Crippen LogP contribution < -0.4 is 5.73 Å². The fourth-order valence-electron chi connectivity index (χ4n) is 2.36. The van der Waals surface area contributed by atoms with Crippen molar-refractivity contribution in [2.75, 3.05) is 0 Å². The zero-order valence-corrected chi connectivity index (χ0v) is 9.77. The van der Waals surface area contributed by atoms with Gasteiger partial charge in [0.05, 0.1) is 6.04 Å². The van der Waals surface area contributed by atoms with Crippen LogP contribution in [-0.4, -0.2) is 20.8 Å². The summed E-state index contributed by atoms with van der Waals surface area (Å²) in [7, 11) is 0. The molecule has 2 rings (SSSR count). The Balaban J connectivity index is 2.43. The molecule has 0 fully saturated rings. The molecule has 0 radical (unpaired) electrons. The predicted molar refractivity (Wildman–Crippen MR) is 59.7 cm³/mol. The molecule has 2 heterocycles. The first kappa shape index (κ1) is 10.6. The Morgan fingerprint density at radius 2 is 2.07 bits per heavy atom. The molecule has 4 nitrogen and oxygen atoms in total. The van der Waals surface area contributed by atoms with Gasteiger partial charge in [-0.2, -0.15) is 0 Å². The number of hydrogen-bond donors (Lipinski definition) is 1. The predicted octanol–water partition coefficient (Wildman–Crippen LogP) is 1.63. The van der Waals surface area contributed by atoms with Crippen molar-refractivity contribution in [2.45, 2.75) is 58.0 Å². The highest BCUT2D eigenvalue weighted by atomic mass is 15.3. The average Bonchev–Trinajstić information content (AvgIpc) is 2.60. The monoisotopic (exact) mass is 208 g/mol. The van der Waals surface area contributed by atoms with E-state index in [9.17, 15) is 0 Å². The molecule has 2 unspecified atom stereocenters. The van der Waals surface area contributed by atoms with E-state index < -0.39 is 0 Å². The van der Waals surface area contributed by atoms with E-state index >= 15 is 0 Å². The third-order valence-electron chi connectivity index (χ3n) is 3.15. The number of nitrogens with zero attached hydrogens (tertiary/aromatic N) is 3. The number of aryl methyl sites for hydroxylation is 1. The molecule has 0 amide bonds. The van der Waals surface area contributed by atoms with Crippen molar-refractivity contribution in [3.8, 4) is 0 Å². The van der Waals surface area contributed by atoms with Crippen molar-refractivity contribution in [1.82, 2.24) is 14.8 Å². The molecule has 1 aliphatic rings. The van der Waals surface area contributed by atoms with Crippen molar-refractivity contribution in [3.63, 3.8) is 0 Å². The van der Waals surface area contributed by atoms with Crippen LogP contribution in [0.2, 0.25) is 0 Å². The van der Waals surface area contributed by atoms with E-state index in [1.54, 1.807) is 0 Å². The Morgan fingerprint density at radius 1 is 1.33 bits per heavy atom. The number of rotatable bonds is 2. The van der Waals surface area contributed by atoms with Gasteiger partial charge in [0.1, 0.15) is 11.6 Å². The second-order valence-corrected chi connectivity index (χ2v) is 4.82. The summed E-state index contributed by atoms with van der Waals surface area (Å²) in [6, 6.07) is 0.568. The standard InChI is InChI=1S/C11H20N4/c1-7(2)11-14-13-10-6-4-5-9(8(3)12)15(10)11/h7-9H,4-6,12H2,1-3H3. The van der Waals surface area contributed by atoms with Crippen LogP contribution in [0.5, 0.6) is 0 Å². The molecule has 0 saturated carbocycles. The smallest absolute Gasteiger partial charge is 0.135 e. The van der Waals surface area contributed by atoms with Crippen molar-refractivity contribution in [3.05, 3.63) is 11.6 Å². The number of nitrogens with two attached hydrogens (primary N) is 1. The third-order valence-corrected chi connectivity index (χ3v) is 3.15. The van der Waals surface area contributed by atoms with Gasteiger partial charge in [0.2, 0.25) is 0 Å². The summed E-state index contributed by atoms with van der Waals surface area (Å²) >= 11 is 0. The van der Waals surface area contributed by atoms with Crippen molar-refractivity contribution in [1.29, 1.82) is 0 Å². The lowest BCUT2D eigenvalue weighted by molar-refractivity contribution is 0.338. The summed E-state index contributed by atoms with van der Waals surface area (Å²) in [5, 5.41) is 8.56. The van der Waals surface area contributed by atoms with Crippen LogP contribution in [0.15, 0.2) is 0 Å². The molecule has 0 aliphatic carbocycles. The fraction of sp³-hybridized carbons (Fsp3) is 0.818. The van der Waals surface area contributed by atoms with Crippen LogP contribution in [0.4, 0.5) is 0 Å². The van der Waals surface area contributed by atoms with E-state index in [4.69, 9.17) is 5.73 Å². The first-order valence-corrected chi connectivity index (χ1v) is 5.80. The highest BCUT2D eigenvalue weighted by molar-refractivity contribution is 5.06. The maximum Gasteiger partial charge on any atom is 0.135 e. The molecule has 0 spiro atoms. The van der Waals surface area contributed by atoms with Gasteiger partial charge in [0.15, 0.2) is 0 Å². The molecule has 0 bridgehead atoms. The van der Waals surface area contributed by atoms with Crippen LogP contribution in [-0.2, 0) is 6.42 Å². The molecule has 0 saturated heterocycles. The topological polar surface area (TPSA) is 56.7 Å². The van der Waals surface area contributed by atoms with Crippen molar-refractivity contribution in [2.24, 2.45) is 5.73 Å². The third kappa shape index (κ3) is 1.78. The summed E-state index contributed by atoms with van der Waals surface area (Å²) in [6.07, 6.45) is 3.38. The SMILES string of the molecule is CC(C)c1nnc2n1C(C(C)N)CCC2. The van der Waals surface area contributed by atoms with Gasteiger partial charge in [-0.05, 0) is 19.8 Å². The fourth-order valence-corrected chi connectivity index (χ4v) is 2.36. The Morgan fingerprint density at radius 3 is 2.67 bits per heavy atom. The maximum atomic E-state index is 6.03. The normalized spacial score (nSPS) is 22.9. The molecule has 15 heavy (non-hydrogen) atoms. The van der Waals surface area contributed by atoms with Gasteiger partial charge in [0, 0.05) is 18.4 Å². The quantitative estimate of drug-likeness (QED) is 0.803. The lowest BCUT2D eigenvalue weighted by atomic mass is 9.98. The Kier molecular flexibility index (Phi) is 2.78. The van der Waals surface area contributed by atoms with Gasteiger partial charge in [-0.25, -0.2) is 0 Å². The maximum absolute atomic E-state index is 6.03. The molecule has 1 aromatic rings. The van der Waals surface area contributed by atoms with Gasteiger partial charge in [0.25, 0.3) is 0 Å². The molecular formula is C11H20N4. The van der Waals surface area contributed by atoms with Crippen molar-refractivity contribution >= 4 is 0 Å². The summed E-state index contributed by atoms with van der Waals surface area (Å²) in [5.74, 6) is 2.63. The largest absolute Gasteiger partial charge is 0.326 e. The second-order valence-electron chi connectivity index (χ2n) is 4.82. The lowest BCUT2D eigenvalue weighted by Crippen LogP contribution is -2.34. The van der Waals surface area contributed by atoms with Gasteiger partial charge in [-0.3, -0.25) is 0 Å². The molecular weight excluding hydrogens is 188 g/mol. The molecule has 1 aliphatic heterocycles. The summed E-state index contributed by atoms with van der Waals surface area (Å²) in [5.41, 5.74) is 6.03. The zero-order valence-electron chi connectivity index (χ0n) is 9.77. The van der Waals surface area contributed by atoms with Crippen LogP contribution in [0.1, 0.15) is 57.2 Å². The minimum atomic E-state index is 0.178. The van der Waals surface area contributed by atoms with Crippen LogP contribution in [0.3, 0.4) is 0 Å². The second kappa shape index (κ2) is 3.93. The zero-order chi connectivity index (χ0) is 11.0. The summed E-state index contributed by atoms with van der Waals surface area (Å²) in [6.45, 7) is 6.39. The summed E-state index contributed by atoms with van der Waals surface area (Å²) < 4.78 is 2.28. The number of hydrogen-bond acceptors (Lipinski definition) is 3. The highest BCUT2D eigenvalue weighted by Crippen LogP contribution is 2.29. The molecule has 2 N–H and O–H groups in total. The number of aromatic nitrogens is 3. The van der Waals surface area contributed by atoms with E-state index in [0.29, 0.717) is 12.0 Å². The average molecular weight is 208 g/mol. The molecule has 84 valence electrons. The Labute approximate surface area is 90.9 Å². The Bertz CT molecular complexity index is 340. The molecule has 0 aromatic carbocycles. The molecule has 2 atom stereocenters. The Hall–Kier alpha value is -0.900.